The van der Waals surface area contributed by atoms with Gasteiger partial charge in [0, 0.05) is 18.1 Å². The van der Waals surface area contributed by atoms with Crippen LogP contribution in [0.4, 0.5) is 0 Å². The summed E-state index contributed by atoms with van der Waals surface area (Å²) >= 11 is 0. The number of ether oxygens (including phenoxy) is 5. The summed E-state index contributed by atoms with van der Waals surface area (Å²) in [7, 11) is 2.11. The van der Waals surface area contributed by atoms with Crippen LogP contribution in [0.25, 0.3) is 0 Å². The number of hydrogen-bond donors (Lipinski definition) is 0. The van der Waals surface area contributed by atoms with Crippen LogP contribution in [-0.2, 0) is 28.3 Å². The topological polar surface area (TPSA) is 127 Å². The molecule has 1 aromatic carbocycles. The number of Topliss-reactive ketones (excluding diaryl/α,β-unsaturated/α-hetero) is 1. The van der Waals surface area contributed by atoms with Crippen LogP contribution in [0.1, 0.15) is 50.4 Å². The summed E-state index contributed by atoms with van der Waals surface area (Å²) in [4.78, 5) is 54.6. The van der Waals surface area contributed by atoms with Gasteiger partial charge in [-0.1, -0.05) is 20.8 Å². The van der Waals surface area contributed by atoms with Crippen molar-refractivity contribution >= 4 is 31.9 Å². The summed E-state index contributed by atoms with van der Waals surface area (Å²) in [6.07, 6.45) is 0.990. The lowest BCUT2D eigenvalue weighted by Crippen LogP contribution is -2.59. The lowest BCUT2D eigenvalue weighted by atomic mass is 9.93. The fourth-order valence-electron chi connectivity index (χ4n) is 4.48. The number of benzene rings is 1. The highest BCUT2D eigenvalue weighted by Gasteiger charge is 2.46. The van der Waals surface area contributed by atoms with Crippen LogP contribution < -0.4 is 14.2 Å². The van der Waals surface area contributed by atoms with E-state index < -0.39 is 44.0 Å². The van der Waals surface area contributed by atoms with Gasteiger partial charge >= 0.3 is 11.9 Å². The van der Waals surface area contributed by atoms with Crippen LogP contribution in [0, 0.1) is 5.92 Å². The summed E-state index contributed by atoms with van der Waals surface area (Å²) in [5.41, 5.74) is -0.0424. The highest BCUT2D eigenvalue weighted by Crippen LogP contribution is 2.39. The van der Waals surface area contributed by atoms with Crippen molar-refractivity contribution in [2.75, 3.05) is 41.2 Å². The molecule has 3 rings (SSSR count). The van der Waals surface area contributed by atoms with Gasteiger partial charge in [0.1, 0.15) is 12.1 Å². The average molecular weight is 580 g/mol. The number of piperidine rings is 1. The van der Waals surface area contributed by atoms with E-state index in [1.54, 1.807) is 0 Å². The van der Waals surface area contributed by atoms with Gasteiger partial charge in [-0.15, -0.1) is 0 Å². The predicted octanol–water partition coefficient (Wildman–Crippen LogP) is 3.38. The van der Waals surface area contributed by atoms with Gasteiger partial charge in [-0.3, -0.25) is 9.59 Å². The highest BCUT2D eigenvalue weighted by molar-refractivity contribution is 6.74. The third-order valence-electron chi connectivity index (χ3n) is 7.94. The van der Waals surface area contributed by atoms with Crippen molar-refractivity contribution < 1.29 is 47.3 Å². The Labute approximate surface area is 236 Å². The van der Waals surface area contributed by atoms with E-state index >= 15 is 0 Å². The second-order valence-corrected chi connectivity index (χ2v) is 16.4. The summed E-state index contributed by atoms with van der Waals surface area (Å²) in [6, 6.07) is 0.486. The molecule has 2 aliphatic rings. The monoisotopic (exact) mass is 579 g/mol. The molecule has 2 heterocycles. The van der Waals surface area contributed by atoms with Crippen LogP contribution >= 0.6 is 0 Å². The number of carbonyl (C=O) groups is 4. The SMILES string of the molecule is COc1cc(C(=O)C(=O)N2[C@@H]3CCC[C@H]2C(=O)OCC(CO[Si](C)(C)C(C)(C)C)COC3=O)cc(OC)c1OC. The number of hydrogen-bond acceptors (Lipinski definition) is 10. The minimum Gasteiger partial charge on any atom is -0.493 e. The molecule has 0 radical (unpaired) electrons. The number of rotatable bonds is 8. The summed E-state index contributed by atoms with van der Waals surface area (Å²) < 4.78 is 33.4. The minimum atomic E-state index is -2.09. The maximum Gasteiger partial charge on any atom is 0.328 e. The van der Waals surface area contributed by atoms with Crippen molar-refractivity contribution in [1.29, 1.82) is 0 Å². The smallest absolute Gasteiger partial charge is 0.328 e. The fourth-order valence-corrected chi connectivity index (χ4v) is 5.56. The van der Waals surface area contributed by atoms with Crippen molar-refractivity contribution in [2.24, 2.45) is 5.92 Å². The number of cyclic esters (lactones) is 2. The lowest BCUT2D eigenvalue weighted by Gasteiger charge is -2.40. The Morgan fingerprint density at radius 2 is 1.43 bits per heavy atom. The first-order valence-corrected chi connectivity index (χ1v) is 16.3. The fraction of sp³-hybridized carbons (Fsp3) is 0.643. The maximum atomic E-state index is 13.6. The van der Waals surface area contributed by atoms with Crippen LogP contribution in [-0.4, -0.2) is 90.1 Å². The molecule has 2 fully saturated rings. The van der Waals surface area contributed by atoms with Gasteiger partial charge in [0.2, 0.25) is 5.75 Å². The molecule has 2 saturated heterocycles. The van der Waals surface area contributed by atoms with E-state index in [0.717, 1.165) is 4.90 Å². The Bertz CT molecular complexity index is 1080. The zero-order valence-corrected chi connectivity index (χ0v) is 25.7. The molecule has 2 aliphatic heterocycles. The molecule has 1 amide bonds. The van der Waals surface area contributed by atoms with Gasteiger partial charge in [-0.05, 0) is 49.5 Å². The van der Waals surface area contributed by atoms with Gasteiger partial charge in [0.15, 0.2) is 19.8 Å². The van der Waals surface area contributed by atoms with Crippen molar-refractivity contribution in [3.05, 3.63) is 17.7 Å². The van der Waals surface area contributed by atoms with E-state index in [2.05, 4.69) is 33.9 Å². The normalized spacial score (nSPS) is 22.1. The van der Waals surface area contributed by atoms with Gasteiger partial charge in [0.05, 0.1) is 34.5 Å². The third-order valence-corrected chi connectivity index (χ3v) is 12.4. The Balaban J connectivity index is 1.86. The second kappa shape index (κ2) is 12.6. The molecule has 1 aromatic rings. The van der Waals surface area contributed by atoms with E-state index in [4.69, 9.17) is 28.1 Å². The number of nitrogens with zero attached hydrogens (tertiary/aromatic N) is 1. The molecule has 222 valence electrons. The molecular weight excluding hydrogens is 538 g/mol. The van der Waals surface area contributed by atoms with Crippen LogP contribution in [0.5, 0.6) is 17.2 Å². The zero-order chi connectivity index (χ0) is 29.8. The number of fused-ring (bicyclic) bond motifs is 2. The van der Waals surface area contributed by atoms with E-state index in [9.17, 15) is 19.2 Å². The highest BCUT2D eigenvalue weighted by atomic mass is 28.4. The minimum absolute atomic E-state index is 0.0152. The second-order valence-electron chi connectivity index (χ2n) is 11.6. The largest absolute Gasteiger partial charge is 0.493 e. The Hall–Kier alpha value is -3.12. The molecule has 2 bridgehead atoms. The number of esters is 2. The van der Waals surface area contributed by atoms with Gasteiger partial charge in [-0.2, -0.15) is 0 Å². The molecule has 12 heteroatoms. The zero-order valence-electron chi connectivity index (χ0n) is 24.7. The molecule has 0 aliphatic carbocycles. The first-order valence-electron chi connectivity index (χ1n) is 13.4. The van der Waals surface area contributed by atoms with E-state index in [1.165, 1.54) is 33.5 Å². The van der Waals surface area contributed by atoms with E-state index in [-0.39, 0.29) is 66.4 Å². The van der Waals surface area contributed by atoms with Gasteiger partial charge in [0.25, 0.3) is 11.7 Å². The number of carbonyl (C=O) groups excluding carboxylic acids is 4. The molecule has 0 aromatic heterocycles. The first kappa shape index (κ1) is 31.4. The lowest BCUT2D eigenvalue weighted by molar-refractivity contribution is -0.172. The average Bonchev–Trinajstić information content (AvgIpc) is 2.93. The standard InChI is InChI=1S/C28H41NO10Si/c1-28(2,3)40(7,8)39-16-17-14-37-26(32)19-10-9-11-20(27(33)38-15-17)29(19)25(31)23(30)18-12-21(34-4)24(36-6)22(13-18)35-5/h12-13,17,19-20H,9-11,14-16H2,1-8H3/t17?,19-,20+. The predicted molar refractivity (Wildman–Crippen MR) is 147 cm³/mol. The molecule has 11 nitrogen and oxygen atoms in total. The number of amides is 1. The molecule has 1 unspecified atom stereocenters. The first-order chi connectivity index (χ1) is 18.7. The number of ketones is 1. The van der Waals surface area contributed by atoms with Crippen molar-refractivity contribution in [1.82, 2.24) is 4.90 Å². The van der Waals surface area contributed by atoms with Crippen LogP contribution in [0.2, 0.25) is 18.1 Å². The van der Waals surface area contributed by atoms with Crippen LogP contribution in [0.15, 0.2) is 12.1 Å². The molecular formula is C28H41NO10Si. The summed E-state index contributed by atoms with van der Waals surface area (Å²) in [5, 5.41) is -0.0152. The van der Waals surface area contributed by atoms with Crippen molar-refractivity contribution in [3.63, 3.8) is 0 Å². The Kier molecular flexibility index (Phi) is 9.88. The number of methoxy groups -OCH3 is 3. The molecule has 3 atom stereocenters. The molecule has 0 spiro atoms. The molecule has 0 saturated carbocycles. The Morgan fingerprint density at radius 3 is 1.85 bits per heavy atom. The third kappa shape index (κ3) is 6.60. The molecule has 40 heavy (non-hydrogen) atoms. The molecule has 0 N–H and O–H groups in total. The van der Waals surface area contributed by atoms with E-state index in [0.29, 0.717) is 6.42 Å². The Morgan fingerprint density at radius 1 is 0.925 bits per heavy atom. The summed E-state index contributed by atoms with van der Waals surface area (Å²) in [6.45, 7) is 10.8. The quantitative estimate of drug-likeness (QED) is 0.196. The van der Waals surface area contributed by atoms with Crippen LogP contribution in [0.3, 0.4) is 0 Å². The van der Waals surface area contributed by atoms with Crippen molar-refractivity contribution in [2.45, 2.75) is 70.2 Å². The van der Waals surface area contributed by atoms with Gasteiger partial charge < -0.3 is 33.0 Å². The van der Waals surface area contributed by atoms with Crippen molar-refractivity contribution in [3.8, 4) is 17.2 Å². The van der Waals surface area contributed by atoms with E-state index in [1.807, 2.05) is 0 Å². The maximum absolute atomic E-state index is 13.6. The van der Waals surface area contributed by atoms with Gasteiger partial charge in [-0.25, -0.2) is 9.59 Å². The summed E-state index contributed by atoms with van der Waals surface area (Å²) in [5.74, 6) is -3.01.